The quantitative estimate of drug-likeness (QED) is 0.212. The summed E-state index contributed by atoms with van der Waals surface area (Å²) in [7, 11) is 3.53. The van der Waals surface area contributed by atoms with Crippen LogP contribution in [0.4, 0.5) is 11.4 Å². The molecule has 0 aromatic heterocycles. The van der Waals surface area contributed by atoms with Gasteiger partial charge in [0.2, 0.25) is 0 Å². The topological polar surface area (TPSA) is 72.1 Å². The second-order valence-corrected chi connectivity index (χ2v) is 11.1. The van der Waals surface area contributed by atoms with E-state index >= 15 is 0 Å². The number of benzene rings is 2. The zero-order valence-corrected chi connectivity index (χ0v) is 25.3. The lowest BCUT2D eigenvalue weighted by Crippen LogP contribution is -2.47. The normalized spacial score (nSPS) is 15.2. The number of hydrogen-bond acceptors (Lipinski definition) is 6. The number of ether oxygens (including phenoxy) is 2. The molecule has 1 saturated heterocycles. The monoisotopic (exact) mass is 544 g/mol. The molecule has 216 valence electrons. The lowest BCUT2D eigenvalue weighted by molar-refractivity contribution is 0.265. The molecule has 0 spiro atoms. The van der Waals surface area contributed by atoms with E-state index in [1.165, 1.54) is 16.8 Å². The molecule has 1 fully saturated rings. The maximum atomic E-state index is 6.36. The summed E-state index contributed by atoms with van der Waals surface area (Å²) in [4.78, 5) is 7.30. The Morgan fingerprint density at radius 3 is 2.55 bits per heavy atom. The van der Waals surface area contributed by atoms with Gasteiger partial charge in [0.1, 0.15) is 6.61 Å². The fourth-order valence-electron chi connectivity index (χ4n) is 4.88. The molecule has 3 rings (SSSR count). The Hall–Kier alpha value is -3.51. The van der Waals surface area contributed by atoms with Crippen molar-refractivity contribution in [1.82, 2.24) is 5.32 Å². The molecule has 1 aliphatic heterocycles. The molecule has 1 aliphatic rings. The summed E-state index contributed by atoms with van der Waals surface area (Å²) in [5.74, 6) is 2.04. The largest absolute Gasteiger partial charge is 0.493 e. The highest BCUT2D eigenvalue weighted by Gasteiger charge is 2.29. The Morgan fingerprint density at radius 1 is 1.15 bits per heavy atom. The first-order valence-electron chi connectivity index (χ1n) is 14.3. The van der Waals surface area contributed by atoms with Crippen molar-refractivity contribution >= 4 is 17.6 Å². The van der Waals surface area contributed by atoms with Gasteiger partial charge in [0.05, 0.1) is 12.8 Å². The van der Waals surface area contributed by atoms with Gasteiger partial charge in [0, 0.05) is 43.3 Å². The molecule has 40 heavy (non-hydrogen) atoms. The van der Waals surface area contributed by atoms with E-state index in [1.54, 1.807) is 7.11 Å². The number of nitrogens with one attached hydrogen (secondary N) is 1. The SMILES string of the molecule is C=C(/C=C\C(=C/C)COc1ccc(CCC=Nc2cc(N3CCC(C(C)(C)N)CC3)ccc2C)cc1OC)NC. The number of anilines is 1. The molecule has 0 bridgehead atoms. The minimum absolute atomic E-state index is 0.109. The standard InChI is InChI=1S/C34H48N4O2/c1-8-27(13-12-26(3)36-6)24-40-32-16-14-28(22-33(32)39-7)10-9-19-37-31-23-30(15-11-25(31)2)38-20-17-29(18-21-38)34(4,5)35/h8,11-16,19,22-23,29,36H,3,9-10,17-18,20-21,24,35H2,1-2,4-7H3/b13-12-,27-8+,37-19?. The van der Waals surface area contributed by atoms with Crippen LogP contribution in [0.15, 0.2) is 77.5 Å². The van der Waals surface area contributed by atoms with Gasteiger partial charge in [-0.1, -0.05) is 30.9 Å². The van der Waals surface area contributed by atoms with E-state index in [0.29, 0.717) is 12.5 Å². The molecular weight excluding hydrogens is 496 g/mol. The number of nitrogens with zero attached hydrogens (tertiary/aromatic N) is 2. The van der Waals surface area contributed by atoms with Crippen LogP contribution in [0.25, 0.3) is 0 Å². The van der Waals surface area contributed by atoms with E-state index < -0.39 is 0 Å². The van der Waals surface area contributed by atoms with Gasteiger partial charge in [-0.2, -0.15) is 0 Å². The third-order valence-corrected chi connectivity index (χ3v) is 7.71. The van der Waals surface area contributed by atoms with E-state index in [2.05, 4.69) is 67.9 Å². The third-order valence-electron chi connectivity index (χ3n) is 7.71. The Labute approximate surface area is 241 Å². The van der Waals surface area contributed by atoms with E-state index in [0.717, 1.165) is 67.2 Å². The first-order valence-corrected chi connectivity index (χ1v) is 14.3. The molecule has 0 aliphatic carbocycles. The third kappa shape index (κ3) is 9.02. The highest BCUT2D eigenvalue weighted by molar-refractivity contribution is 5.68. The van der Waals surface area contributed by atoms with Crippen molar-refractivity contribution in [2.45, 2.75) is 58.9 Å². The molecule has 6 heteroatoms. The minimum Gasteiger partial charge on any atom is -0.493 e. The average Bonchev–Trinajstić information content (AvgIpc) is 2.96. The maximum absolute atomic E-state index is 6.36. The zero-order valence-electron chi connectivity index (χ0n) is 25.3. The molecule has 0 saturated carbocycles. The number of nitrogens with two attached hydrogens (primary N) is 1. The van der Waals surface area contributed by atoms with Gasteiger partial charge < -0.3 is 25.4 Å². The van der Waals surface area contributed by atoms with Crippen molar-refractivity contribution in [1.29, 1.82) is 0 Å². The summed E-state index contributed by atoms with van der Waals surface area (Å²) in [5.41, 5.74) is 12.8. The molecule has 2 aromatic carbocycles. The summed E-state index contributed by atoms with van der Waals surface area (Å²) >= 11 is 0. The van der Waals surface area contributed by atoms with Crippen LogP contribution < -0.4 is 25.4 Å². The summed E-state index contributed by atoms with van der Waals surface area (Å²) in [6, 6.07) is 12.7. The van der Waals surface area contributed by atoms with Gasteiger partial charge in [0.15, 0.2) is 11.5 Å². The average molecular weight is 545 g/mol. The number of piperidine rings is 1. The fraction of sp³-hybridized carbons (Fsp3) is 0.441. The summed E-state index contributed by atoms with van der Waals surface area (Å²) < 4.78 is 11.7. The van der Waals surface area contributed by atoms with Gasteiger partial charge in [0.25, 0.3) is 0 Å². The lowest BCUT2D eigenvalue weighted by Gasteiger charge is -2.39. The van der Waals surface area contributed by atoms with Crippen LogP contribution in [0, 0.1) is 12.8 Å². The fourth-order valence-corrected chi connectivity index (χ4v) is 4.88. The number of methoxy groups -OCH3 is 1. The second kappa shape index (κ2) is 14.8. The number of likely N-dealkylation sites (N-methyl/N-ethyl adjacent to an activating group) is 1. The summed E-state index contributed by atoms with van der Waals surface area (Å²) in [6.07, 6.45) is 12.0. The Balaban J connectivity index is 1.56. The van der Waals surface area contributed by atoms with Crippen LogP contribution in [0.5, 0.6) is 11.5 Å². The van der Waals surface area contributed by atoms with Crippen molar-refractivity contribution in [2.24, 2.45) is 16.6 Å². The van der Waals surface area contributed by atoms with E-state index in [1.807, 2.05) is 44.5 Å². The maximum Gasteiger partial charge on any atom is 0.161 e. The summed E-state index contributed by atoms with van der Waals surface area (Å²) in [6.45, 7) is 14.9. The van der Waals surface area contributed by atoms with Gasteiger partial charge in [-0.05, 0) is 106 Å². The van der Waals surface area contributed by atoms with Crippen molar-refractivity contribution in [2.75, 3.05) is 38.8 Å². The molecule has 1 heterocycles. The molecule has 0 radical (unpaired) electrons. The van der Waals surface area contributed by atoms with Gasteiger partial charge in [-0.25, -0.2) is 0 Å². The number of aryl methyl sites for hydroxylation is 2. The number of rotatable bonds is 13. The Morgan fingerprint density at radius 2 is 1.90 bits per heavy atom. The number of aliphatic imine (C=N–C) groups is 1. The molecule has 6 nitrogen and oxygen atoms in total. The van der Waals surface area contributed by atoms with Crippen molar-refractivity contribution in [3.8, 4) is 11.5 Å². The molecule has 0 unspecified atom stereocenters. The van der Waals surface area contributed by atoms with Crippen molar-refractivity contribution in [3.63, 3.8) is 0 Å². The predicted molar refractivity (Wildman–Crippen MR) is 170 cm³/mol. The second-order valence-electron chi connectivity index (χ2n) is 11.1. The van der Waals surface area contributed by atoms with Crippen LogP contribution in [-0.4, -0.2) is 45.6 Å². The summed E-state index contributed by atoms with van der Waals surface area (Å²) in [5, 5.41) is 3.01. The van der Waals surface area contributed by atoms with Gasteiger partial charge in [-0.15, -0.1) is 0 Å². The van der Waals surface area contributed by atoms with Crippen LogP contribution in [0.3, 0.4) is 0 Å². The van der Waals surface area contributed by atoms with E-state index in [9.17, 15) is 0 Å². The van der Waals surface area contributed by atoms with Crippen molar-refractivity contribution < 1.29 is 9.47 Å². The first kappa shape index (κ1) is 31.0. The van der Waals surface area contributed by atoms with Crippen LogP contribution in [0.1, 0.15) is 51.2 Å². The van der Waals surface area contributed by atoms with Crippen LogP contribution >= 0.6 is 0 Å². The minimum atomic E-state index is -0.109. The molecule has 3 N–H and O–H groups in total. The predicted octanol–water partition coefficient (Wildman–Crippen LogP) is 6.91. The van der Waals surface area contributed by atoms with E-state index in [-0.39, 0.29) is 5.54 Å². The first-order chi connectivity index (χ1) is 19.1. The highest BCUT2D eigenvalue weighted by Crippen LogP contribution is 2.32. The molecule has 0 atom stereocenters. The molecule has 0 amide bonds. The highest BCUT2D eigenvalue weighted by atomic mass is 16.5. The van der Waals surface area contributed by atoms with Gasteiger partial charge >= 0.3 is 0 Å². The zero-order chi connectivity index (χ0) is 29.1. The Kier molecular flexibility index (Phi) is 11.4. The van der Waals surface area contributed by atoms with E-state index in [4.69, 9.17) is 20.2 Å². The lowest BCUT2D eigenvalue weighted by atomic mass is 9.81. The Bertz CT molecular complexity index is 1210. The molecule has 2 aromatic rings. The number of allylic oxidation sites excluding steroid dienone is 2. The van der Waals surface area contributed by atoms with Gasteiger partial charge in [-0.3, -0.25) is 4.99 Å². The molecular formula is C34H48N4O2. The number of hydrogen-bond donors (Lipinski definition) is 2. The van der Waals surface area contributed by atoms with Crippen molar-refractivity contribution in [3.05, 3.63) is 83.6 Å². The van der Waals surface area contributed by atoms with Crippen LogP contribution in [-0.2, 0) is 6.42 Å². The van der Waals surface area contributed by atoms with Crippen LogP contribution in [0.2, 0.25) is 0 Å². The smallest absolute Gasteiger partial charge is 0.161 e.